The van der Waals surface area contributed by atoms with Gasteiger partial charge in [-0.2, -0.15) is 4.09 Å². The average molecular weight is 390 g/mol. The third kappa shape index (κ3) is 3.13. The van der Waals surface area contributed by atoms with Gasteiger partial charge in [0.1, 0.15) is 5.82 Å². The molecule has 1 N–H and O–H groups in total. The number of nitrogens with zero attached hydrogens (tertiary/aromatic N) is 3. The second-order valence-corrected chi connectivity index (χ2v) is 8.35. The Hall–Kier alpha value is -2.65. The summed E-state index contributed by atoms with van der Waals surface area (Å²) in [7, 11) is -3.80. The van der Waals surface area contributed by atoms with Gasteiger partial charge in [0.2, 0.25) is 10.0 Å². The van der Waals surface area contributed by atoms with Gasteiger partial charge in [0.25, 0.3) is 5.56 Å². The fraction of sp³-hybridized carbons (Fsp3) is 0.278. The van der Waals surface area contributed by atoms with Crippen LogP contribution in [0.3, 0.4) is 0 Å². The van der Waals surface area contributed by atoms with Gasteiger partial charge in [0, 0.05) is 31.9 Å². The minimum Gasteiger partial charge on any atom is -0.369 e. The molecule has 27 heavy (non-hydrogen) atoms. The summed E-state index contributed by atoms with van der Waals surface area (Å²) in [4.78, 5) is 15.2. The van der Waals surface area contributed by atoms with Crippen molar-refractivity contribution in [3.8, 4) is 5.69 Å². The maximum atomic E-state index is 13.7. The minimum absolute atomic E-state index is 0.158. The van der Waals surface area contributed by atoms with Gasteiger partial charge >= 0.3 is 0 Å². The van der Waals surface area contributed by atoms with Crippen LogP contribution >= 0.6 is 0 Å². The predicted molar refractivity (Wildman–Crippen MR) is 103 cm³/mol. The number of hydrogen-bond acceptors (Lipinski definition) is 5. The van der Waals surface area contributed by atoms with Crippen LogP contribution in [0.25, 0.3) is 16.6 Å². The molecule has 3 aromatic rings. The van der Waals surface area contributed by atoms with Gasteiger partial charge in [-0.15, -0.1) is 0 Å². The van der Waals surface area contributed by atoms with E-state index < -0.39 is 21.4 Å². The Balaban J connectivity index is 1.99. The largest absolute Gasteiger partial charge is 0.369 e. The molecule has 1 fully saturated rings. The van der Waals surface area contributed by atoms with Gasteiger partial charge < -0.3 is 10.2 Å². The molecule has 0 unspecified atom stereocenters. The smallest absolute Gasteiger partial charge is 0.280 e. The monoisotopic (exact) mass is 390 g/mol. The quantitative estimate of drug-likeness (QED) is 0.726. The lowest BCUT2D eigenvalue weighted by atomic mass is 10.2. The van der Waals surface area contributed by atoms with Crippen molar-refractivity contribution in [1.82, 2.24) is 14.1 Å². The molecule has 1 aromatic heterocycles. The predicted octanol–water partition coefficient (Wildman–Crippen LogP) is 1.15. The summed E-state index contributed by atoms with van der Waals surface area (Å²) in [5, 5.41) is 3.54. The lowest BCUT2D eigenvalue weighted by Crippen LogP contribution is -2.43. The molecule has 1 aliphatic rings. The topological polar surface area (TPSA) is 76.3 Å². The van der Waals surface area contributed by atoms with Gasteiger partial charge in [0.15, 0.2) is 0 Å². The number of benzene rings is 2. The first-order valence-corrected chi connectivity index (χ1v) is 10.4. The summed E-state index contributed by atoms with van der Waals surface area (Å²) < 4.78 is 40.5. The molecule has 0 spiro atoms. The first-order chi connectivity index (χ1) is 12.9. The number of fused-ring (bicyclic) bond motifs is 1. The number of nitrogens with one attached hydrogen (secondary N) is 1. The van der Waals surface area contributed by atoms with Crippen molar-refractivity contribution in [2.75, 3.05) is 37.3 Å². The van der Waals surface area contributed by atoms with E-state index in [-0.39, 0.29) is 16.6 Å². The molecule has 9 heteroatoms. The van der Waals surface area contributed by atoms with Crippen LogP contribution in [0.15, 0.2) is 47.3 Å². The zero-order chi connectivity index (χ0) is 19.2. The summed E-state index contributed by atoms with van der Waals surface area (Å²) in [6, 6.07) is 10.5. The molecule has 7 nitrogen and oxygen atoms in total. The summed E-state index contributed by atoms with van der Waals surface area (Å²) in [6.07, 6.45) is 1.02. The molecular formula is C18H19FN4O3S. The molecule has 2 heterocycles. The standard InChI is InChI=1S/C18H19FN4O3S/c1-27(25,26)23-17-6-5-14(21-9-7-20-8-10-21)12-16(17)18(24)22(23)15-4-2-3-13(19)11-15/h2-6,11-12,20H,7-10H2,1H3. The lowest BCUT2D eigenvalue weighted by molar-refractivity contribution is 0.577. The fourth-order valence-electron chi connectivity index (χ4n) is 3.44. The van der Waals surface area contributed by atoms with Crippen LogP contribution < -0.4 is 15.8 Å². The summed E-state index contributed by atoms with van der Waals surface area (Å²) in [6.45, 7) is 3.29. The van der Waals surface area contributed by atoms with Crippen molar-refractivity contribution < 1.29 is 12.8 Å². The number of aromatic nitrogens is 2. The van der Waals surface area contributed by atoms with Crippen LogP contribution in [0, 0.1) is 5.82 Å². The van der Waals surface area contributed by atoms with Crippen molar-refractivity contribution in [1.29, 1.82) is 0 Å². The zero-order valence-corrected chi connectivity index (χ0v) is 15.5. The van der Waals surface area contributed by atoms with E-state index in [1.807, 2.05) is 6.07 Å². The first-order valence-electron chi connectivity index (χ1n) is 8.56. The Kier molecular flexibility index (Phi) is 4.27. The van der Waals surface area contributed by atoms with Crippen LogP contribution in [0.1, 0.15) is 0 Å². The molecule has 4 rings (SSSR count). The maximum absolute atomic E-state index is 13.7. The number of rotatable bonds is 3. The van der Waals surface area contributed by atoms with Crippen LogP contribution in [0.4, 0.5) is 10.1 Å². The number of halogens is 1. The molecule has 2 aromatic carbocycles. The minimum atomic E-state index is -3.80. The maximum Gasteiger partial charge on any atom is 0.280 e. The molecule has 0 saturated carbocycles. The van der Waals surface area contributed by atoms with Gasteiger partial charge in [-0.25, -0.2) is 17.5 Å². The van der Waals surface area contributed by atoms with E-state index >= 15 is 0 Å². The molecule has 0 aliphatic carbocycles. The summed E-state index contributed by atoms with van der Waals surface area (Å²) in [5.41, 5.74) is 0.784. The second kappa shape index (κ2) is 6.50. The van der Waals surface area contributed by atoms with Crippen LogP contribution in [-0.4, -0.2) is 49.6 Å². The van der Waals surface area contributed by atoms with Crippen molar-refractivity contribution >= 4 is 26.6 Å². The summed E-state index contributed by atoms with van der Waals surface area (Å²) >= 11 is 0. The highest BCUT2D eigenvalue weighted by Crippen LogP contribution is 2.23. The van der Waals surface area contributed by atoms with E-state index in [0.717, 1.165) is 53.0 Å². The van der Waals surface area contributed by atoms with E-state index in [1.165, 1.54) is 18.2 Å². The normalized spacial score (nSPS) is 15.4. The fourth-order valence-corrected chi connectivity index (χ4v) is 4.42. The SMILES string of the molecule is CS(=O)(=O)n1c2ccc(N3CCNCC3)cc2c(=O)n1-c1cccc(F)c1. The first kappa shape index (κ1) is 17.7. The van der Waals surface area contributed by atoms with E-state index in [9.17, 15) is 17.6 Å². The molecule has 0 radical (unpaired) electrons. The Morgan fingerprint density at radius 1 is 1.04 bits per heavy atom. The Morgan fingerprint density at radius 2 is 1.78 bits per heavy atom. The third-order valence-electron chi connectivity index (χ3n) is 4.64. The van der Waals surface area contributed by atoms with Gasteiger partial charge in [-0.05, 0) is 36.4 Å². The van der Waals surface area contributed by atoms with Crippen molar-refractivity contribution in [3.63, 3.8) is 0 Å². The molecule has 142 valence electrons. The third-order valence-corrected chi connectivity index (χ3v) is 5.63. The molecular weight excluding hydrogens is 371 g/mol. The molecule has 1 aliphatic heterocycles. The Morgan fingerprint density at radius 3 is 2.44 bits per heavy atom. The zero-order valence-electron chi connectivity index (χ0n) is 14.7. The van der Waals surface area contributed by atoms with Crippen molar-refractivity contribution in [2.45, 2.75) is 0 Å². The van der Waals surface area contributed by atoms with Crippen LogP contribution in [0.2, 0.25) is 0 Å². The number of hydrogen-bond donors (Lipinski definition) is 1. The van der Waals surface area contributed by atoms with Crippen LogP contribution in [0.5, 0.6) is 0 Å². The second-order valence-electron chi connectivity index (χ2n) is 6.54. The molecule has 0 amide bonds. The van der Waals surface area contributed by atoms with Gasteiger partial charge in [-0.1, -0.05) is 6.07 Å². The number of piperazine rings is 1. The Bertz CT molecular complexity index is 1180. The Labute approximate surface area is 155 Å². The molecule has 1 saturated heterocycles. The molecule has 0 atom stereocenters. The highest BCUT2D eigenvalue weighted by Gasteiger charge is 2.22. The lowest BCUT2D eigenvalue weighted by Gasteiger charge is -2.29. The van der Waals surface area contributed by atoms with E-state index in [2.05, 4.69) is 10.2 Å². The highest BCUT2D eigenvalue weighted by atomic mass is 32.2. The van der Waals surface area contributed by atoms with Gasteiger partial charge in [0.05, 0.1) is 22.8 Å². The van der Waals surface area contributed by atoms with Crippen molar-refractivity contribution in [2.24, 2.45) is 0 Å². The van der Waals surface area contributed by atoms with Crippen molar-refractivity contribution in [3.05, 3.63) is 58.6 Å². The van der Waals surface area contributed by atoms with E-state index in [4.69, 9.17) is 0 Å². The number of anilines is 1. The highest BCUT2D eigenvalue weighted by molar-refractivity contribution is 7.89. The van der Waals surface area contributed by atoms with E-state index in [1.54, 1.807) is 12.1 Å². The molecule has 0 bridgehead atoms. The van der Waals surface area contributed by atoms with Gasteiger partial charge in [-0.3, -0.25) is 4.79 Å². The van der Waals surface area contributed by atoms with Crippen LogP contribution in [-0.2, 0) is 10.0 Å². The summed E-state index contributed by atoms with van der Waals surface area (Å²) in [5.74, 6) is -0.550. The average Bonchev–Trinajstić information content (AvgIpc) is 2.95. The van der Waals surface area contributed by atoms with E-state index in [0.29, 0.717) is 0 Å².